The highest BCUT2D eigenvalue weighted by atomic mass is 79.9. The molecule has 0 aliphatic carbocycles. The number of carbonyl (C=O) groups is 1. The van der Waals surface area contributed by atoms with Gasteiger partial charge in [0.2, 0.25) is 0 Å². The van der Waals surface area contributed by atoms with Crippen molar-refractivity contribution in [1.29, 1.82) is 0 Å². The summed E-state index contributed by atoms with van der Waals surface area (Å²) in [5.74, 6) is -0.111. The van der Waals surface area contributed by atoms with E-state index in [-0.39, 0.29) is 11.9 Å². The van der Waals surface area contributed by atoms with Crippen LogP contribution in [-0.4, -0.2) is 11.9 Å². The normalized spacial score (nSPS) is 10.5. The molecule has 0 bridgehead atoms. The molecule has 0 aromatic heterocycles. The molecule has 0 atom stereocenters. The summed E-state index contributed by atoms with van der Waals surface area (Å²) >= 11 is 3.48. The van der Waals surface area contributed by atoms with E-state index in [1.807, 2.05) is 63.2 Å². The number of anilines is 2. The van der Waals surface area contributed by atoms with Gasteiger partial charge < -0.3 is 10.6 Å². The van der Waals surface area contributed by atoms with Gasteiger partial charge in [-0.3, -0.25) is 4.79 Å². The maximum atomic E-state index is 12.5. The van der Waals surface area contributed by atoms with Crippen molar-refractivity contribution < 1.29 is 4.79 Å². The fraction of sp³-hybridized carbons (Fsp3) is 0.235. The molecule has 2 N–H and O–H groups in total. The predicted octanol–water partition coefficient (Wildman–Crippen LogP) is 4.83. The first kappa shape index (κ1) is 15.6. The first-order valence-electron chi connectivity index (χ1n) is 6.91. The van der Waals surface area contributed by atoms with Crippen LogP contribution in [0, 0.1) is 6.92 Å². The van der Waals surface area contributed by atoms with Crippen molar-refractivity contribution in [2.24, 2.45) is 0 Å². The summed E-state index contributed by atoms with van der Waals surface area (Å²) in [6.07, 6.45) is 0. The van der Waals surface area contributed by atoms with E-state index in [9.17, 15) is 4.79 Å². The van der Waals surface area contributed by atoms with Crippen LogP contribution in [0.4, 0.5) is 11.4 Å². The Morgan fingerprint density at radius 1 is 1.05 bits per heavy atom. The van der Waals surface area contributed by atoms with Gasteiger partial charge in [-0.1, -0.05) is 34.1 Å². The summed E-state index contributed by atoms with van der Waals surface area (Å²) in [5, 5.41) is 6.27. The predicted molar refractivity (Wildman–Crippen MR) is 92.0 cm³/mol. The number of amides is 1. The molecule has 21 heavy (non-hydrogen) atoms. The lowest BCUT2D eigenvalue weighted by atomic mass is 10.1. The Balaban J connectivity index is 2.27. The van der Waals surface area contributed by atoms with Crippen molar-refractivity contribution in [3.8, 4) is 0 Å². The summed E-state index contributed by atoms with van der Waals surface area (Å²) in [7, 11) is 0. The Kier molecular flexibility index (Phi) is 5.02. The summed E-state index contributed by atoms with van der Waals surface area (Å²) in [6.45, 7) is 6.07. The highest BCUT2D eigenvalue weighted by Crippen LogP contribution is 2.25. The van der Waals surface area contributed by atoms with E-state index in [0.717, 1.165) is 21.4 Å². The minimum atomic E-state index is -0.111. The number of hydrogen-bond acceptors (Lipinski definition) is 2. The highest BCUT2D eigenvalue weighted by Gasteiger charge is 2.13. The quantitative estimate of drug-likeness (QED) is 0.832. The zero-order chi connectivity index (χ0) is 15.4. The van der Waals surface area contributed by atoms with E-state index < -0.39 is 0 Å². The largest absolute Gasteiger partial charge is 0.382 e. The molecule has 0 spiro atoms. The van der Waals surface area contributed by atoms with E-state index in [2.05, 4.69) is 26.6 Å². The molecule has 2 aromatic carbocycles. The Hall–Kier alpha value is -1.81. The molecule has 0 fully saturated rings. The van der Waals surface area contributed by atoms with Crippen LogP contribution in [-0.2, 0) is 0 Å². The summed E-state index contributed by atoms with van der Waals surface area (Å²) in [6, 6.07) is 13.6. The maximum absolute atomic E-state index is 12.5. The van der Waals surface area contributed by atoms with Crippen LogP contribution >= 0.6 is 15.9 Å². The third-order valence-corrected chi connectivity index (χ3v) is 3.99. The molecular weight excluding hydrogens is 328 g/mol. The van der Waals surface area contributed by atoms with Gasteiger partial charge in [-0.15, -0.1) is 0 Å². The molecule has 0 radical (unpaired) electrons. The van der Waals surface area contributed by atoms with Gasteiger partial charge >= 0.3 is 0 Å². The SMILES string of the molecule is Cc1c(Br)cccc1NC(=O)c1ccccc1NC(C)C. The van der Waals surface area contributed by atoms with Gasteiger partial charge in [-0.05, 0) is 50.6 Å². The van der Waals surface area contributed by atoms with Gasteiger partial charge in [-0.2, -0.15) is 0 Å². The number of hydrogen-bond donors (Lipinski definition) is 2. The van der Waals surface area contributed by atoms with Gasteiger partial charge in [0.05, 0.1) is 5.56 Å². The number of nitrogens with one attached hydrogen (secondary N) is 2. The Morgan fingerprint density at radius 2 is 1.71 bits per heavy atom. The topological polar surface area (TPSA) is 41.1 Å². The van der Waals surface area contributed by atoms with Crippen LogP contribution in [0.25, 0.3) is 0 Å². The summed E-state index contributed by atoms with van der Waals surface area (Å²) in [5.41, 5.74) is 3.32. The molecule has 0 saturated heterocycles. The first-order chi connectivity index (χ1) is 9.99. The number of benzene rings is 2. The molecule has 0 saturated carbocycles. The van der Waals surface area contributed by atoms with Crippen molar-refractivity contribution in [1.82, 2.24) is 0 Å². The Morgan fingerprint density at radius 3 is 2.43 bits per heavy atom. The van der Waals surface area contributed by atoms with Crippen LogP contribution in [0.5, 0.6) is 0 Å². The second-order valence-corrected chi connectivity index (χ2v) is 6.07. The number of rotatable bonds is 4. The number of halogens is 1. The number of carbonyl (C=O) groups excluding carboxylic acids is 1. The van der Waals surface area contributed by atoms with Crippen molar-refractivity contribution in [3.63, 3.8) is 0 Å². The molecule has 0 heterocycles. The minimum Gasteiger partial charge on any atom is -0.382 e. The van der Waals surface area contributed by atoms with E-state index in [1.54, 1.807) is 0 Å². The van der Waals surface area contributed by atoms with E-state index in [1.165, 1.54) is 0 Å². The lowest BCUT2D eigenvalue weighted by Crippen LogP contribution is -2.18. The Bertz CT molecular complexity index is 653. The smallest absolute Gasteiger partial charge is 0.257 e. The summed E-state index contributed by atoms with van der Waals surface area (Å²) in [4.78, 5) is 12.5. The molecule has 2 rings (SSSR count). The average Bonchev–Trinajstić information content (AvgIpc) is 2.44. The van der Waals surface area contributed by atoms with Crippen molar-refractivity contribution in [2.75, 3.05) is 10.6 Å². The van der Waals surface area contributed by atoms with E-state index >= 15 is 0 Å². The standard InChI is InChI=1S/C17H19BrN2O/c1-11(2)19-16-9-5-4-7-13(16)17(21)20-15-10-6-8-14(18)12(15)3/h4-11,19H,1-3H3,(H,20,21). The third-order valence-electron chi connectivity index (χ3n) is 3.13. The second-order valence-electron chi connectivity index (χ2n) is 5.21. The fourth-order valence-corrected chi connectivity index (χ4v) is 2.42. The molecule has 0 aliphatic heterocycles. The van der Waals surface area contributed by atoms with Crippen LogP contribution in [0.3, 0.4) is 0 Å². The van der Waals surface area contributed by atoms with Crippen LogP contribution in [0.2, 0.25) is 0 Å². The maximum Gasteiger partial charge on any atom is 0.257 e. The third kappa shape index (κ3) is 3.85. The van der Waals surface area contributed by atoms with Crippen molar-refractivity contribution in [2.45, 2.75) is 26.8 Å². The minimum absolute atomic E-state index is 0.111. The van der Waals surface area contributed by atoms with E-state index in [4.69, 9.17) is 0 Å². The zero-order valence-corrected chi connectivity index (χ0v) is 14.0. The zero-order valence-electron chi connectivity index (χ0n) is 12.4. The van der Waals surface area contributed by atoms with Crippen molar-refractivity contribution in [3.05, 3.63) is 58.1 Å². The molecule has 0 aliphatic rings. The summed E-state index contributed by atoms with van der Waals surface area (Å²) < 4.78 is 0.980. The molecular formula is C17H19BrN2O. The van der Waals surface area contributed by atoms with Gasteiger partial charge in [0.25, 0.3) is 5.91 Å². The lowest BCUT2D eigenvalue weighted by molar-refractivity contribution is 0.102. The first-order valence-corrected chi connectivity index (χ1v) is 7.70. The highest BCUT2D eigenvalue weighted by molar-refractivity contribution is 9.10. The van der Waals surface area contributed by atoms with Crippen LogP contribution in [0.1, 0.15) is 29.8 Å². The lowest BCUT2D eigenvalue weighted by Gasteiger charge is -2.15. The Labute approximate surface area is 133 Å². The molecule has 3 nitrogen and oxygen atoms in total. The monoisotopic (exact) mass is 346 g/mol. The van der Waals surface area contributed by atoms with Gasteiger partial charge in [0.1, 0.15) is 0 Å². The van der Waals surface area contributed by atoms with Crippen molar-refractivity contribution >= 4 is 33.2 Å². The van der Waals surface area contributed by atoms with Crippen LogP contribution < -0.4 is 10.6 Å². The number of para-hydroxylation sites is 1. The molecule has 0 unspecified atom stereocenters. The molecule has 1 amide bonds. The fourth-order valence-electron chi connectivity index (χ4n) is 2.05. The molecule has 110 valence electrons. The average molecular weight is 347 g/mol. The van der Waals surface area contributed by atoms with Gasteiger partial charge in [-0.25, -0.2) is 0 Å². The van der Waals surface area contributed by atoms with Crippen LogP contribution in [0.15, 0.2) is 46.9 Å². The molecule has 2 aromatic rings. The van der Waals surface area contributed by atoms with Gasteiger partial charge in [0.15, 0.2) is 0 Å². The second kappa shape index (κ2) is 6.76. The molecule has 4 heteroatoms. The van der Waals surface area contributed by atoms with Gasteiger partial charge in [0, 0.05) is 21.9 Å². The van der Waals surface area contributed by atoms with E-state index in [0.29, 0.717) is 5.56 Å².